The molecule has 0 rings (SSSR count). The Morgan fingerprint density at radius 2 is 1.94 bits per heavy atom. The van der Waals surface area contributed by atoms with Gasteiger partial charge in [-0.05, 0) is 18.4 Å². The van der Waals surface area contributed by atoms with Gasteiger partial charge in [-0.25, -0.2) is 0 Å². The topological polar surface area (TPSA) is 43.4 Å². The van der Waals surface area contributed by atoms with E-state index in [1.165, 1.54) is 0 Å². The summed E-state index contributed by atoms with van der Waals surface area (Å²) in [7, 11) is -3.42. The Morgan fingerprint density at radius 3 is 2.44 bits per heavy atom. The quantitative estimate of drug-likeness (QED) is 0.347. The molecule has 1 unspecified atom stereocenters. The summed E-state index contributed by atoms with van der Waals surface area (Å²) in [4.78, 5) is 0. The maximum absolute atomic E-state index is 11.7. The highest BCUT2D eigenvalue weighted by molar-refractivity contribution is 7.86. The lowest BCUT2D eigenvalue weighted by atomic mass is 10.00. The zero-order valence-electron chi connectivity index (χ0n) is 11.9. The normalized spacial score (nSPS) is 13.1. The van der Waals surface area contributed by atoms with Gasteiger partial charge in [0.2, 0.25) is 0 Å². The second-order valence-corrected chi connectivity index (χ2v) is 6.29. The molecule has 0 spiro atoms. The molecule has 3 nitrogen and oxygen atoms in total. The monoisotopic (exact) mass is 274 g/mol. The zero-order chi connectivity index (χ0) is 14.0. The van der Waals surface area contributed by atoms with Crippen molar-refractivity contribution in [3.05, 3.63) is 17.9 Å². The van der Waals surface area contributed by atoms with Crippen LogP contribution in [0.4, 0.5) is 0 Å². The molecule has 0 aliphatic rings. The number of hydrogen-bond donors (Lipinski definition) is 0. The fraction of sp³-hybridized carbons (Fsp3) is 0.786. The lowest BCUT2D eigenvalue weighted by Gasteiger charge is -2.13. The van der Waals surface area contributed by atoms with Crippen molar-refractivity contribution in [1.29, 1.82) is 0 Å². The fourth-order valence-corrected chi connectivity index (χ4v) is 3.05. The van der Waals surface area contributed by atoms with E-state index in [9.17, 15) is 8.42 Å². The first-order valence-electron chi connectivity index (χ1n) is 6.72. The first kappa shape index (κ1) is 17.4. The van der Waals surface area contributed by atoms with Crippen molar-refractivity contribution < 1.29 is 12.6 Å². The van der Waals surface area contributed by atoms with Crippen LogP contribution in [0.25, 0.3) is 0 Å². The van der Waals surface area contributed by atoms with Gasteiger partial charge in [-0.3, -0.25) is 4.18 Å². The van der Waals surface area contributed by atoms with E-state index in [1.807, 2.05) is 6.92 Å². The van der Waals surface area contributed by atoms with Crippen LogP contribution in [0.5, 0.6) is 0 Å². The van der Waals surface area contributed by atoms with Crippen molar-refractivity contribution in [2.24, 2.45) is 5.92 Å². The summed E-state index contributed by atoms with van der Waals surface area (Å²) in [6.07, 6.45) is 4.66. The average Bonchev–Trinajstić information content (AvgIpc) is 2.31. The van der Waals surface area contributed by atoms with E-state index in [2.05, 4.69) is 26.2 Å². The summed E-state index contributed by atoms with van der Waals surface area (Å²) in [5.74, 6) is -0.0459. The van der Waals surface area contributed by atoms with Crippen LogP contribution >= 0.6 is 0 Å². The van der Waals surface area contributed by atoms with Gasteiger partial charge < -0.3 is 0 Å². The Hall–Kier alpha value is -0.570. The molecule has 0 aromatic heterocycles. The van der Waals surface area contributed by atoms with Crippen molar-refractivity contribution >= 4 is 10.1 Å². The van der Waals surface area contributed by atoms with E-state index >= 15 is 0 Å². The zero-order valence-corrected chi connectivity index (χ0v) is 12.7. The lowest BCUT2D eigenvalue weighted by Crippen LogP contribution is -2.18. The lowest BCUT2D eigenvalue weighted by molar-refractivity contribution is 0.306. The molecule has 4 heteroatoms. The second-order valence-electron chi connectivity index (χ2n) is 4.61. The standard InChI is InChI=1S/C14H26O3S/c1-5-8-9-11-17-18(15,16)12-13(4)14(7-3)10-6-2/h13H,3,5-6,8-12H2,1-2,4H3. The van der Waals surface area contributed by atoms with Crippen LogP contribution in [0, 0.1) is 5.92 Å². The molecule has 0 aromatic rings. The Kier molecular flexibility index (Phi) is 9.08. The average molecular weight is 274 g/mol. The predicted molar refractivity (Wildman–Crippen MR) is 76.0 cm³/mol. The summed E-state index contributed by atoms with van der Waals surface area (Å²) in [5.41, 5.74) is 3.82. The van der Waals surface area contributed by atoms with E-state index < -0.39 is 10.1 Å². The van der Waals surface area contributed by atoms with Crippen LogP contribution < -0.4 is 0 Å². The Bertz CT molecular complexity index is 365. The molecule has 0 saturated carbocycles. The fourth-order valence-electron chi connectivity index (χ4n) is 1.77. The number of hydrogen-bond acceptors (Lipinski definition) is 3. The molecule has 0 fully saturated rings. The van der Waals surface area contributed by atoms with Gasteiger partial charge >= 0.3 is 0 Å². The predicted octanol–water partition coefficient (Wildman–Crippen LogP) is 3.67. The van der Waals surface area contributed by atoms with Crippen molar-refractivity contribution in [3.63, 3.8) is 0 Å². The first-order chi connectivity index (χ1) is 8.46. The molecule has 0 amide bonds. The van der Waals surface area contributed by atoms with Crippen molar-refractivity contribution in [2.45, 2.75) is 52.9 Å². The van der Waals surface area contributed by atoms with Crippen molar-refractivity contribution in [2.75, 3.05) is 12.4 Å². The molecule has 0 saturated heterocycles. The second kappa shape index (κ2) is 9.37. The molecular weight excluding hydrogens is 248 g/mol. The van der Waals surface area contributed by atoms with Crippen LogP contribution in [0.3, 0.4) is 0 Å². The third-order valence-electron chi connectivity index (χ3n) is 2.81. The molecule has 0 aromatic carbocycles. The van der Waals surface area contributed by atoms with Gasteiger partial charge in [-0.1, -0.05) is 46.6 Å². The number of unbranched alkanes of at least 4 members (excludes halogenated alkanes) is 2. The minimum Gasteiger partial charge on any atom is -0.270 e. The van der Waals surface area contributed by atoms with Gasteiger partial charge in [-0.15, -0.1) is 5.73 Å². The van der Waals surface area contributed by atoms with Gasteiger partial charge in [-0.2, -0.15) is 8.42 Å². The van der Waals surface area contributed by atoms with Crippen LogP contribution in [-0.4, -0.2) is 20.8 Å². The van der Waals surface area contributed by atoms with E-state index in [0.717, 1.165) is 37.7 Å². The summed E-state index contributed by atoms with van der Waals surface area (Å²) < 4.78 is 28.5. The Labute approximate surface area is 112 Å². The molecule has 106 valence electrons. The van der Waals surface area contributed by atoms with Gasteiger partial charge in [0.25, 0.3) is 10.1 Å². The first-order valence-corrected chi connectivity index (χ1v) is 8.30. The molecule has 0 heterocycles. The third-order valence-corrected chi connectivity index (χ3v) is 4.24. The Morgan fingerprint density at radius 1 is 1.28 bits per heavy atom. The minimum atomic E-state index is -3.42. The smallest absolute Gasteiger partial charge is 0.267 e. The van der Waals surface area contributed by atoms with Gasteiger partial charge in [0.1, 0.15) is 0 Å². The third kappa shape index (κ3) is 7.70. The molecule has 18 heavy (non-hydrogen) atoms. The highest BCUT2D eigenvalue weighted by Gasteiger charge is 2.18. The van der Waals surface area contributed by atoms with Gasteiger partial charge in [0.15, 0.2) is 0 Å². The Balaban J connectivity index is 4.26. The van der Waals surface area contributed by atoms with Crippen molar-refractivity contribution in [3.8, 4) is 0 Å². The van der Waals surface area contributed by atoms with Crippen LogP contribution in [0.1, 0.15) is 52.9 Å². The van der Waals surface area contributed by atoms with E-state index in [-0.39, 0.29) is 11.7 Å². The number of allylic oxidation sites excluding steroid dienone is 1. The van der Waals surface area contributed by atoms with E-state index in [1.54, 1.807) is 0 Å². The molecule has 0 N–H and O–H groups in total. The SMILES string of the molecule is C=C=C(CCC)C(C)CS(=O)(=O)OCCCCC. The molecule has 0 aliphatic heterocycles. The summed E-state index contributed by atoms with van der Waals surface area (Å²) in [6, 6.07) is 0. The van der Waals surface area contributed by atoms with Crippen molar-refractivity contribution in [1.82, 2.24) is 0 Å². The molecule has 0 bridgehead atoms. The maximum Gasteiger partial charge on any atom is 0.267 e. The summed E-state index contributed by atoms with van der Waals surface area (Å²) >= 11 is 0. The molecular formula is C14H26O3S. The number of rotatable bonds is 10. The molecule has 1 atom stereocenters. The highest BCUT2D eigenvalue weighted by Crippen LogP contribution is 2.17. The van der Waals surface area contributed by atoms with Gasteiger partial charge in [0, 0.05) is 5.92 Å². The van der Waals surface area contributed by atoms with Crippen LogP contribution in [0.2, 0.25) is 0 Å². The largest absolute Gasteiger partial charge is 0.270 e. The molecule has 0 radical (unpaired) electrons. The van der Waals surface area contributed by atoms with E-state index in [0.29, 0.717) is 6.61 Å². The summed E-state index contributed by atoms with van der Waals surface area (Å²) in [5, 5.41) is 0. The minimum absolute atomic E-state index is 0.0248. The van der Waals surface area contributed by atoms with Crippen LogP contribution in [0.15, 0.2) is 17.9 Å². The highest BCUT2D eigenvalue weighted by atomic mass is 32.2. The van der Waals surface area contributed by atoms with Gasteiger partial charge in [0.05, 0.1) is 12.4 Å². The maximum atomic E-state index is 11.7. The van der Waals surface area contributed by atoms with E-state index in [4.69, 9.17) is 4.18 Å². The van der Waals surface area contributed by atoms with Crippen LogP contribution in [-0.2, 0) is 14.3 Å². The molecule has 0 aliphatic carbocycles. The summed E-state index contributed by atoms with van der Waals surface area (Å²) in [6.45, 7) is 9.93.